The minimum Gasteiger partial charge on any atom is -0.488 e. The van der Waals surface area contributed by atoms with Crippen molar-refractivity contribution in [1.29, 1.82) is 0 Å². The molecule has 1 atom stereocenters. The summed E-state index contributed by atoms with van der Waals surface area (Å²) in [6.07, 6.45) is -5.10. The highest BCUT2D eigenvalue weighted by Crippen LogP contribution is 2.27. The lowest BCUT2D eigenvalue weighted by Gasteiger charge is -2.23. The van der Waals surface area contributed by atoms with Crippen molar-refractivity contribution in [2.75, 3.05) is 6.61 Å². The van der Waals surface area contributed by atoms with Gasteiger partial charge in [-0.15, -0.1) is 0 Å². The molecule has 0 heterocycles. The summed E-state index contributed by atoms with van der Waals surface area (Å²) in [4.78, 5) is -0.323. The Morgan fingerprint density at radius 1 is 1.00 bits per heavy atom. The van der Waals surface area contributed by atoms with Crippen LogP contribution in [0, 0.1) is 38.2 Å². The molecule has 0 saturated carbocycles. The van der Waals surface area contributed by atoms with Gasteiger partial charge in [0.25, 0.3) is 0 Å². The largest absolute Gasteiger partial charge is 0.488 e. The summed E-state index contributed by atoms with van der Waals surface area (Å²) in [5.41, 5.74) is 1.20. The van der Waals surface area contributed by atoms with E-state index in [1.807, 2.05) is 0 Å². The summed E-state index contributed by atoms with van der Waals surface area (Å²) in [6, 6.07) is 1.30. The average molecular weight is 441 g/mol. The minimum absolute atomic E-state index is 0.239. The van der Waals surface area contributed by atoms with Crippen molar-refractivity contribution >= 4 is 10.0 Å². The molecule has 0 amide bonds. The van der Waals surface area contributed by atoms with Gasteiger partial charge in [-0.25, -0.2) is 17.2 Å². The molecule has 0 bridgehead atoms. The molecule has 11 heteroatoms. The predicted molar refractivity (Wildman–Crippen MR) is 92.6 cm³/mol. The fourth-order valence-corrected chi connectivity index (χ4v) is 4.48. The second kappa shape index (κ2) is 8.23. The highest BCUT2D eigenvalue weighted by molar-refractivity contribution is 7.89. The number of aryl methyl sites for hydroxylation is 3. The number of halogens is 6. The Labute approximate surface area is 163 Å². The molecule has 160 valence electrons. The summed E-state index contributed by atoms with van der Waals surface area (Å²) in [6.45, 7) is 3.18. The van der Waals surface area contributed by atoms with Gasteiger partial charge in [0.1, 0.15) is 6.61 Å². The molecular formula is C18H17F6NO3S. The van der Waals surface area contributed by atoms with Gasteiger partial charge >= 0.3 is 6.18 Å². The Balaban J connectivity index is 2.32. The second-order valence-electron chi connectivity index (χ2n) is 6.43. The number of ether oxygens (including phenoxy) is 1. The van der Waals surface area contributed by atoms with E-state index in [2.05, 4.69) is 4.74 Å². The van der Waals surface area contributed by atoms with Crippen molar-refractivity contribution in [2.24, 2.45) is 0 Å². The maximum Gasteiger partial charge on any atom is 0.408 e. The van der Waals surface area contributed by atoms with Gasteiger partial charge in [-0.2, -0.15) is 22.3 Å². The maximum absolute atomic E-state index is 13.6. The van der Waals surface area contributed by atoms with Crippen LogP contribution in [0.4, 0.5) is 26.3 Å². The fraction of sp³-hybridized carbons (Fsp3) is 0.333. The van der Waals surface area contributed by atoms with E-state index in [1.54, 1.807) is 6.92 Å². The number of hydrogen-bond donors (Lipinski definition) is 1. The zero-order chi connectivity index (χ0) is 22.1. The van der Waals surface area contributed by atoms with Gasteiger partial charge in [-0.05, 0) is 44.0 Å². The molecular weight excluding hydrogens is 424 g/mol. The summed E-state index contributed by atoms with van der Waals surface area (Å²) < 4.78 is 111. The van der Waals surface area contributed by atoms with Crippen LogP contribution in [0.3, 0.4) is 0 Å². The molecule has 0 spiro atoms. The molecule has 0 saturated heterocycles. The number of hydrogen-bond acceptors (Lipinski definition) is 3. The first-order valence-corrected chi connectivity index (χ1v) is 9.65. The van der Waals surface area contributed by atoms with E-state index >= 15 is 0 Å². The lowest BCUT2D eigenvalue weighted by Crippen LogP contribution is -2.49. The SMILES string of the molecule is Cc1cc(C)c(S(=O)(=O)NC(COc2ccc(F)c(F)c2F)C(F)(F)F)c(C)c1. The van der Waals surface area contributed by atoms with Crippen molar-refractivity contribution in [3.05, 3.63) is 58.4 Å². The molecule has 0 aliphatic heterocycles. The number of nitrogens with one attached hydrogen (secondary N) is 1. The van der Waals surface area contributed by atoms with Gasteiger partial charge in [0.05, 0.1) is 4.90 Å². The molecule has 1 N–H and O–H groups in total. The molecule has 0 fully saturated rings. The van der Waals surface area contributed by atoms with E-state index < -0.39 is 52.0 Å². The van der Waals surface area contributed by atoms with Gasteiger partial charge in [0, 0.05) is 0 Å². The highest BCUT2D eigenvalue weighted by atomic mass is 32.2. The van der Waals surface area contributed by atoms with E-state index in [0.29, 0.717) is 12.1 Å². The van der Waals surface area contributed by atoms with E-state index in [1.165, 1.54) is 30.7 Å². The summed E-state index contributed by atoms with van der Waals surface area (Å²) in [5, 5.41) is 0. The number of rotatable bonds is 6. The summed E-state index contributed by atoms with van der Waals surface area (Å²) >= 11 is 0. The molecule has 1 unspecified atom stereocenters. The first-order valence-electron chi connectivity index (χ1n) is 8.17. The van der Waals surface area contributed by atoms with Crippen molar-refractivity contribution in [3.63, 3.8) is 0 Å². The third-order valence-electron chi connectivity index (χ3n) is 3.97. The monoisotopic (exact) mass is 441 g/mol. The molecule has 0 aliphatic carbocycles. The molecule has 2 aromatic rings. The predicted octanol–water partition coefficient (Wildman–Crippen LogP) is 4.32. The second-order valence-corrected chi connectivity index (χ2v) is 8.08. The Morgan fingerprint density at radius 3 is 2.07 bits per heavy atom. The van der Waals surface area contributed by atoms with Crippen LogP contribution in [0.15, 0.2) is 29.2 Å². The first-order chi connectivity index (χ1) is 13.2. The van der Waals surface area contributed by atoms with Gasteiger partial charge in [-0.1, -0.05) is 17.7 Å². The maximum atomic E-state index is 13.6. The zero-order valence-corrected chi connectivity index (χ0v) is 16.3. The van der Waals surface area contributed by atoms with Crippen LogP contribution >= 0.6 is 0 Å². The number of sulfonamides is 1. The van der Waals surface area contributed by atoms with Gasteiger partial charge in [-0.3, -0.25) is 0 Å². The molecule has 0 aliphatic rings. The lowest BCUT2D eigenvalue weighted by molar-refractivity contribution is -0.157. The third-order valence-corrected chi connectivity index (χ3v) is 5.75. The molecule has 29 heavy (non-hydrogen) atoms. The Morgan fingerprint density at radius 2 is 1.55 bits per heavy atom. The topological polar surface area (TPSA) is 55.4 Å². The van der Waals surface area contributed by atoms with Gasteiger partial charge < -0.3 is 4.74 Å². The molecule has 0 aromatic heterocycles. The normalized spacial score (nSPS) is 13.4. The van der Waals surface area contributed by atoms with Crippen LogP contribution in [0.5, 0.6) is 5.75 Å². The van der Waals surface area contributed by atoms with Crippen molar-refractivity contribution in [2.45, 2.75) is 37.9 Å². The highest BCUT2D eigenvalue weighted by Gasteiger charge is 2.43. The van der Waals surface area contributed by atoms with Crippen LogP contribution in [0.1, 0.15) is 16.7 Å². The van der Waals surface area contributed by atoms with Crippen molar-refractivity contribution < 1.29 is 39.5 Å². The summed E-state index contributed by atoms with van der Waals surface area (Å²) in [5.74, 6) is -6.27. The van der Waals surface area contributed by atoms with Crippen LogP contribution in [-0.4, -0.2) is 27.2 Å². The minimum atomic E-state index is -5.10. The van der Waals surface area contributed by atoms with Crippen LogP contribution in [-0.2, 0) is 10.0 Å². The van der Waals surface area contributed by atoms with E-state index in [0.717, 1.165) is 5.56 Å². The zero-order valence-electron chi connectivity index (χ0n) is 15.5. The van der Waals surface area contributed by atoms with Crippen LogP contribution < -0.4 is 9.46 Å². The molecule has 2 rings (SSSR count). The van der Waals surface area contributed by atoms with Crippen LogP contribution in [0.25, 0.3) is 0 Å². The van der Waals surface area contributed by atoms with Crippen molar-refractivity contribution in [3.8, 4) is 5.75 Å². The summed E-state index contributed by atoms with van der Waals surface area (Å²) in [7, 11) is -4.63. The Kier molecular flexibility index (Phi) is 6.53. The Bertz CT molecular complexity index is 998. The Hall–Kier alpha value is -2.27. The molecule has 2 aromatic carbocycles. The molecule has 0 radical (unpaired) electrons. The van der Waals surface area contributed by atoms with E-state index in [4.69, 9.17) is 0 Å². The van der Waals surface area contributed by atoms with Crippen LogP contribution in [0.2, 0.25) is 0 Å². The quantitative estimate of drug-likeness (QED) is 0.537. The lowest BCUT2D eigenvalue weighted by atomic mass is 10.1. The number of benzene rings is 2. The molecule has 4 nitrogen and oxygen atoms in total. The first kappa shape index (κ1) is 23.0. The van der Waals surface area contributed by atoms with Crippen molar-refractivity contribution in [1.82, 2.24) is 4.72 Å². The average Bonchev–Trinajstić information content (AvgIpc) is 2.55. The van der Waals surface area contributed by atoms with E-state index in [9.17, 15) is 34.8 Å². The smallest absolute Gasteiger partial charge is 0.408 e. The van der Waals surface area contributed by atoms with Gasteiger partial charge in [0.15, 0.2) is 23.4 Å². The number of alkyl halides is 3. The standard InChI is InChI=1S/C18H17F6NO3S/c1-9-6-10(2)17(11(3)7-9)29(26,27)25-14(18(22,23)24)8-28-13-5-4-12(19)15(20)16(13)21/h4-7,14,25H,8H2,1-3H3. The third kappa shape index (κ3) is 5.21. The van der Waals surface area contributed by atoms with Gasteiger partial charge in [0.2, 0.25) is 15.8 Å². The van der Waals surface area contributed by atoms with E-state index in [-0.39, 0.29) is 16.0 Å². The fourth-order valence-electron chi connectivity index (χ4n) is 2.82.